The van der Waals surface area contributed by atoms with Crippen molar-refractivity contribution in [3.63, 3.8) is 0 Å². The maximum Gasteiger partial charge on any atom is 0.312 e. The Morgan fingerprint density at radius 1 is 1.56 bits per heavy atom. The number of carboxylic acids is 1. The van der Waals surface area contributed by atoms with Crippen LogP contribution in [0.4, 0.5) is 4.39 Å². The minimum Gasteiger partial charge on any atom is -0.481 e. The number of benzene rings is 1. The first kappa shape index (κ1) is 13.3. The zero-order valence-electron chi connectivity index (χ0n) is 9.79. The summed E-state index contributed by atoms with van der Waals surface area (Å²) in [6.07, 6.45) is 1.28. The van der Waals surface area contributed by atoms with Crippen molar-refractivity contribution in [3.05, 3.63) is 34.6 Å². The van der Waals surface area contributed by atoms with Crippen molar-refractivity contribution in [3.8, 4) is 0 Å². The fourth-order valence-electron chi connectivity index (χ4n) is 2.29. The highest BCUT2D eigenvalue weighted by Crippen LogP contribution is 2.34. The standard InChI is InChI=1S/C13H14ClFO3/c14-10-4-1-3-9(11(10)15)7-13(12(16)17)5-2-6-18-8-13/h1,3-4H,2,5-8H2,(H,16,17). The van der Waals surface area contributed by atoms with Crippen LogP contribution in [0.2, 0.25) is 5.02 Å². The van der Waals surface area contributed by atoms with E-state index in [4.69, 9.17) is 16.3 Å². The Morgan fingerprint density at radius 3 is 2.94 bits per heavy atom. The fourth-order valence-corrected chi connectivity index (χ4v) is 2.48. The van der Waals surface area contributed by atoms with E-state index in [1.807, 2.05) is 0 Å². The van der Waals surface area contributed by atoms with Gasteiger partial charge in [-0.3, -0.25) is 4.79 Å². The van der Waals surface area contributed by atoms with Crippen LogP contribution in [0, 0.1) is 11.2 Å². The molecule has 0 aliphatic carbocycles. The van der Waals surface area contributed by atoms with E-state index in [1.165, 1.54) is 6.07 Å². The molecule has 0 spiro atoms. The predicted octanol–water partition coefficient (Wildman–Crippen LogP) is 2.90. The molecule has 1 aliphatic rings. The maximum atomic E-state index is 13.8. The molecule has 1 unspecified atom stereocenters. The topological polar surface area (TPSA) is 46.5 Å². The van der Waals surface area contributed by atoms with Gasteiger partial charge in [0.2, 0.25) is 0 Å². The normalized spacial score (nSPS) is 23.9. The van der Waals surface area contributed by atoms with Gasteiger partial charge in [-0.05, 0) is 30.9 Å². The summed E-state index contributed by atoms with van der Waals surface area (Å²) in [6.45, 7) is 0.682. The van der Waals surface area contributed by atoms with Gasteiger partial charge in [0.15, 0.2) is 0 Å². The van der Waals surface area contributed by atoms with Gasteiger partial charge in [0.05, 0.1) is 17.0 Å². The summed E-state index contributed by atoms with van der Waals surface area (Å²) in [5.74, 6) is -1.48. The van der Waals surface area contributed by atoms with Gasteiger partial charge in [0, 0.05) is 6.61 Å². The highest BCUT2D eigenvalue weighted by Gasteiger charge is 2.41. The highest BCUT2D eigenvalue weighted by molar-refractivity contribution is 6.30. The SMILES string of the molecule is O=C(O)C1(Cc2cccc(Cl)c2F)CCCOC1. The van der Waals surface area contributed by atoms with Crippen LogP contribution in [0.25, 0.3) is 0 Å². The smallest absolute Gasteiger partial charge is 0.312 e. The summed E-state index contributed by atoms with van der Waals surface area (Å²) in [5.41, 5.74) is -0.709. The first-order chi connectivity index (χ1) is 8.55. The minimum atomic E-state index is -1.04. The molecule has 0 saturated carbocycles. The van der Waals surface area contributed by atoms with Crippen LogP contribution >= 0.6 is 11.6 Å². The van der Waals surface area contributed by atoms with Gasteiger partial charge in [-0.1, -0.05) is 23.7 Å². The van der Waals surface area contributed by atoms with Crippen molar-refractivity contribution in [1.29, 1.82) is 0 Å². The first-order valence-corrected chi connectivity index (χ1v) is 6.17. The molecule has 2 rings (SSSR count). The summed E-state index contributed by atoms with van der Waals surface area (Å²) in [4.78, 5) is 11.4. The van der Waals surface area contributed by atoms with Gasteiger partial charge in [-0.25, -0.2) is 4.39 Å². The van der Waals surface area contributed by atoms with Gasteiger partial charge in [0.25, 0.3) is 0 Å². The molecule has 0 amide bonds. The summed E-state index contributed by atoms with van der Waals surface area (Å²) < 4.78 is 19.1. The lowest BCUT2D eigenvalue weighted by atomic mass is 9.77. The molecule has 18 heavy (non-hydrogen) atoms. The van der Waals surface area contributed by atoms with Crippen molar-refractivity contribution in [2.45, 2.75) is 19.3 Å². The Balaban J connectivity index is 2.29. The molecule has 1 saturated heterocycles. The number of halogens is 2. The molecule has 1 aromatic rings. The second kappa shape index (κ2) is 5.24. The number of aliphatic carboxylic acids is 1. The van der Waals surface area contributed by atoms with Gasteiger partial charge >= 0.3 is 5.97 Å². The number of hydrogen-bond acceptors (Lipinski definition) is 2. The molecule has 1 aromatic carbocycles. The molecule has 5 heteroatoms. The second-order valence-corrected chi connectivity index (χ2v) is 5.04. The molecule has 0 radical (unpaired) electrons. The number of ether oxygens (including phenoxy) is 1. The molecule has 1 heterocycles. The largest absolute Gasteiger partial charge is 0.481 e. The first-order valence-electron chi connectivity index (χ1n) is 5.79. The van der Waals surface area contributed by atoms with E-state index < -0.39 is 17.2 Å². The summed E-state index contributed by atoms with van der Waals surface area (Å²) in [5, 5.41) is 9.39. The van der Waals surface area contributed by atoms with Crippen LogP contribution in [0.3, 0.4) is 0 Å². The van der Waals surface area contributed by atoms with Crippen LogP contribution in [0.1, 0.15) is 18.4 Å². The van der Waals surface area contributed by atoms with Crippen molar-refractivity contribution in [1.82, 2.24) is 0 Å². The Morgan fingerprint density at radius 2 is 2.33 bits per heavy atom. The number of carboxylic acid groups (broad SMARTS) is 1. The molecular formula is C13H14ClFO3. The summed E-state index contributed by atoms with van der Waals surface area (Å²) in [6, 6.07) is 4.64. The van der Waals surface area contributed by atoms with Crippen molar-refractivity contribution in [2.24, 2.45) is 5.41 Å². The van der Waals surface area contributed by atoms with E-state index in [0.29, 0.717) is 25.0 Å². The van der Waals surface area contributed by atoms with Gasteiger partial charge < -0.3 is 9.84 Å². The molecule has 0 aromatic heterocycles. The third-order valence-electron chi connectivity index (χ3n) is 3.34. The van der Waals surface area contributed by atoms with Crippen molar-refractivity contribution < 1.29 is 19.0 Å². The third kappa shape index (κ3) is 2.49. The van der Waals surface area contributed by atoms with E-state index in [-0.39, 0.29) is 18.1 Å². The van der Waals surface area contributed by atoms with E-state index >= 15 is 0 Å². The Bertz CT molecular complexity index is 456. The van der Waals surface area contributed by atoms with E-state index in [0.717, 1.165) is 0 Å². The Labute approximate surface area is 110 Å². The van der Waals surface area contributed by atoms with E-state index in [2.05, 4.69) is 0 Å². The third-order valence-corrected chi connectivity index (χ3v) is 3.63. The molecular weight excluding hydrogens is 259 g/mol. The second-order valence-electron chi connectivity index (χ2n) is 4.63. The van der Waals surface area contributed by atoms with E-state index in [1.54, 1.807) is 12.1 Å². The van der Waals surface area contributed by atoms with Crippen LogP contribution in [-0.4, -0.2) is 24.3 Å². The number of carbonyl (C=O) groups is 1. The summed E-state index contributed by atoms with van der Waals surface area (Å²) >= 11 is 5.70. The Hall–Kier alpha value is -1.13. The Kier molecular flexibility index (Phi) is 3.88. The van der Waals surface area contributed by atoms with Gasteiger partial charge in [-0.2, -0.15) is 0 Å². The monoisotopic (exact) mass is 272 g/mol. The zero-order valence-corrected chi connectivity index (χ0v) is 10.5. The average Bonchev–Trinajstić information content (AvgIpc) is 2.36. The maximum absolute atomic E-state index is 13.8. The van der Waals surface area contributed by atoms with Crippen LogP contribution in [0.15, 0.2) is 18.2 Å². The quantitative estimate of drug-likeness (QED) is 0.920. The highest BCUT2D eigenvalue weighted by atomic mass is 35.5. The summed E-state index contributed by atoms with van der Waals surface area (Å²) in [7, 11) is 0. The van der Waals surface area contributed by atoms with Gasteiger partial charge in [0.1, 0.15) is 5.82 Å². The minimum absolute atomic E-state index is 0.0183. The average molecular weight is 273 g/mol. The van der Waals surface area contributed by atoms with Crippen LogP contribution < -0.4 is 0 Å². The lowest BCUT2D eigenvalue weighted by molar-refractivity contribution is -0.157. The molecule has 1 fully saturated rings. The number of hydrogen-bond donors (Lipinski definition) is 1. The predicted molar refractivity (Wildman–Crippen MR) is 65.2 cm³/mol. The number of rotatable bonds is 3. The molecule has 1 N–H and O–H groups in total. The molecule has 1 atom stereocenters. The fraction of sp³-hybridized carbons (Fsp3) is 0.462. The molecule has 0 bridgehead atoms. The van der Waals surface area contributed by atoms with Crippen molar-refractivity contribution in [2.75, 3.05) is 13.2 Å². The van der Waals surface area contributed by atoms with Crippen molar-refractivity contribution >= 4 is 17.6 Å². The molecule has 1 aliphatic heterocycles. The van der Waals surface area contributed by atoms with Crippen LogP contribution in [-0.2, 0) is 16.0 Å². The van der Waals surface area contributed by atoms with Crippen LogP contribution in [0.5, 0.6) is 0 Å². The molecule has 3 nitrogen and oxygen atoms in total. The van der Waals surface area contributed by atoms with E-state index in [9.17, 15) is 14.3 Å². The lowest BCUT2D eigenvalue weighted by Crippen LogP contribution is -2.41. The van der Waals surface area contributed by atoms with Gasteiger partial charge in [-0.15, -0.1) is 0 Å². The molecule has 98 valence electrons. The zero-order chi connectivity index (χ0) is 13.2. The lowest BCUT2D eigenvalue weighted by Gasteiger charge is -2.33.